The summed E-state index contributed by atoms with van der Waals surface area (Å²) in [5, 5.41) is 13.9. The highest BCUT2D eigenvalue weighted by molar-refractivity contribution is 5.87. The third-order valence-electron chi connectivity index (χ3n) is 4.96. The molecule has 2 aliphatic heterocycles. The molecule has 0 spiro atoms. The highest BCUT2D eigenvalue weighted by atomic mass is 16.3. The summed E-state index contributed by atoms with van der Waals surface area (Å²) < 4.78 is 1.83. The number of aliphatic hydroxyl groups excluding tert-OH is 1. The lowest BCUT2D eigenvalue weighted by molar-refractivity contribution is -0.145. The van der Waals surface area contributed by atoms with Crippen LogP contribution in [0.5, 0.6) is 0 Å². The first-order valence-corrected chi connectivity index (χ1v) is 8.70. The summed E-state index contributed by atoms with van der Waals surface area (Å²) in [6.07, 6.45) is 6.33. The molecular weight excluding hydrogens is 310 g/mol. The van der Waals surface area contributed by atoms with Crippen molar-refractivity contribution in [3.05, 3.63) is 12.7 Å². The number of carbonyl (C=O) groups is 2. The van der Waals surface area contributed by atoms with E-state index in [-0.39, 0.29) is 18.4 Å². The van der Waals surface area contributed by atoms with Crippen LogP contribution in [0.1, 0.15) is 32.1 Å². The fourth-order valence-corrected chi connectivity index (χ4v) is 3.46. The van der Waals surface area contributed by atoms with Gasteiger partial charge in [-0.2, -0.15) is 5.10 Å². The summed E-state index contributed by atoms with van der Waals surface area (Å²) in [4.78, 5) is 31.9. The molecule has 2 amide bonds. The van der Waals surface area contributed by atoms with Gasteiger partial charge < -0.3 is 14.9 Å². The zero-order chi connectivity index (χ0) is 16.9. The van der Waals surface area contributed by atoms with Gasteiger partial charge in [0.2, 0.25) is 5.91 Å². The molecule has 0 radical (unpaired) electrons. The average molecular weight is 335 g/mol. The number of rotatable bonds is 4. The van der Waals surface area contributed by atoms with Gasteiger partial charge in [0, 0.05) is 26.2 Å². The monoisotopic (exact) mass is 335 g/mol. The molecule has 0 aromatic carbocycles. The molecule has 1 aromatic rings. The quantitative estimate of drug-likeness (QED) is 0.829. The van der Waals surface area contributed by atoms with E-state index in [1.165, 1.54) is 11.2 Å². The number of aromatic nitrogens is 3. The van der Waals surface area contributed by atoms with Crippen molar-refractivity contribution < 1.29 is 14.7 Å². The minimum Gasteiger partial charge on any atom is -0.383 e. The van der Waals surface area contributed by atoms with Gasteiger partial charge in [-0.15, -0.1) is 0 Å². The third kappa shape index (κ3) is 4.11. The second kappa shape index (κ2) is 7.74. The molecule has 0 saturated carbocycles. The van der Waals surface area contributed by atoms with Crippen molar-refractivity contribution in [2.75, 3.05) is 26.2 Å². The number of hydrogen-bond donors (Lipinski definition) is 1. The molecule has 3 heterocycles. The fourth-order valence-electron chi connectivity index (χ4n) is 3.46. The number of piperidine rings is 1. The van der Waals surface area contributed by atoms with Crippen LogP contribution in [0, 0.1) is 5.92 Å². The summed E-state index contributed by atoms with van der Waals surface area (Å²) in [5.41, 5.74) is 0. The Balaban J connectivity index is 1.47. The van der Waals surface area contributed by atoms with Gasteiger partial charge in [-0.1, -0.05) is 0 Å². The van der Waals surface area contributed by atoms with Crippen LogP contribution in [-0.4, -0.2) is 73.8 Å². The average Bonchev–Trinajstić information content (AvgIpc) is 3.04. The van der Waals surface area contributed by atoms with Crippen molar-refractivity contribution in [1.82, 2.24) is 24.6 Å². The minimum absolute atomic E-state index is 0.0170. The van der Waals surface area contributed by atoms with Gasteiger partial charge in [0.25, 0.3) is 5.91 Å². The highest BCUT2D eigenvalue weighted by Crippen LogP contribution is 2.19. The maximum absolute atomic E-state index is 12.5. The predicted octanol–water partition coefficient (Wildman–Crippen LogP) is -0.110. The van der Waals surface area contributed by atoms with E-state index in [1.807, 2.05) is 9.58 Å². The summed E-state index contributed by atoms with van der Waals surface area (Å²) in [6, 6.07) is 0. The number of carbonyl (C=O) groups excluding carboxylic acids is 2. The predicted molar refractivity (Wildman–Crippen MR) is 85.8 cm³/mol. The van der Waals surface area contributed by atoms with Crippen LogP contribution in [0.25, 0.3) is 0 Å². The molecule has 1 aromatic heterocycles. The van der Waals surface area contributed by atoms with Crippen molar-refractivity contribution in [3.63, 3.8) is 0 Å². The van der Waals surface area contributed by atoms with Crippen molar-refractivity contribution in [1.29, 1.82) is 0 Å². The van der Waals surface area contributed by atoms with Gasteiger partial charge >= 0.3 is 0 Å². The molecular formula is C16H25N5O3. The first-order valence-electron chi connectivity index (χ1n) is 8.70. The SMILES string of the molecule is O=C(CN1CCCCC(O)C1=O)N1CCC(Cn2cncn2)CC1. The molecule has 132 valence electrons. The van der Waals surface area contributed by atoms with Crippen molar-refractivity contribution in [3.8, 4) is 0 Å². The summed E-state index contributed by atoms with van der Waals surface area (Å²) in [6.45, 7) is 2.90. The van der Waals surface area contributed by atoms with E-state index in [0.717, 1.165) is 32.2 Å². The topological polar surface area (TPSA) is 91.6 Å². The lowest BCUT2D eigenvalue weighted by atomic mass is 9.97. The van der Waals surface area contributed by atoms with Crippen LogP contribution in [0.15, 0.2) is 12.7 Å². The van der Waals surface area contributed by atoms with Crippen molar-refractivity contribution in [2.45, 2.75) is 44.8 Å². The molecule has 1 unspecified atom stereocenters. The van der Waals surface area contributed by atoms with E-state index < -0.39 is 6.10 Å². The first-order chi connectivity index (χ1) is 11.6. The Labute approximate surface area is 141 Å². The number of hydrogen-bond acceptors (Lipinski definition) is 5. The Hall–Kier alpha value is -1.96. The molecule has 0 aliphatic carbocycles. The Kier molecular flexibility index (Phi) is 5.44. The number of aliphatic hydroxyl groups is 1. The smallest absolute Gasteiger partial charge is 0.251 e. The van der Waals surface area contributed by atoms with Crippen LogP contribution < -0.4 is 0 Å². The zero-order valence-electron chi connectivity index (χ0n) is 13.9. The number of nitrogens with zero attached hydrogens (tertiary/aromatic N) is 5. The maximum atomic E-state index is 12.5. The first kappa shape index (κ1) is 16.9. The van der Waals surface area contributed by atoms with Crippen LogP contribution in [0.2, 0.25) is 0 Å². The number of amides is 2. The summed E-state index contributed by atoms with van der Waals surface area (Å²) in [7, 11) is 0. The standard InChI is InChI=1S/C16H25N5O3/c22-14-3-1-2-6-20(16(14)24)10-15(23)19-7-4-13(5-8-19)9-21-12-17-11-18-21/h11-14,22H,1-10H2. The number of likely N-dealkylation sites (tertiary alicyclic amines) is 2. The Morgan fingerprint density at radius 1 is 1.21 bits per heavy atom. The van der Waals surface area contributed by atoms with Crippen molar-refractivity contribution in [2.24, 2.45) is 5.92 Å². The lowest BCUT2D eigenvalue weighted by Gasteiger charge is -2.33. The van der Waals surface area contributed by atoms with E-state index in [1.54, 1.807) is 6.33 Å². The molecule has 24 heavy (non-hydrogen) atoms. The molecule has 2 aliphatic rings. The second-order valence-corrected chi connectivity index (χ2v) is 6.71. The molecule has 1 N–H and O–H groups in total. The van der Waals surface area contributed by atoms with Gasteiger partial charge in [0.15, 0.2) is 0 Å². The normalized spacial score (nSPS) is 23.4. The Bertz CT molecular complexity index is 554. The van der Waals surface area contributed by atoms with E-state index in [2.05, 4.69) is 10.1 Å². The van der Waals surface area contributed by atoms with Crippen LogP contribution in [-0.2, 0) is 16.1 Å². The molecule has 8 nitrogen and oxygen atoms in total. The van der Waals surface area contributed by atoms with Gasteiger partial charge in [-0.3, -0.25) is 14.3 Å². The van der Waals surface area contributed by atoms with E-state index in [0.29, 0.717) is 32.0 Å². The molecule has 1 atom stereocenters. The maximum Gasteiger partial charge on any atom is 0.251 e. The Morgan fingerprint density at radius 2 is 2.00 bits per heavy atom. The van der Waals surface area contributed by atoms with Crippen LogP contribution >= 0.6 is 0 Å². The molecule has 0 bridgehead atoms. The van der Waals surface area contributed by atoms with Gasteiger partial charge in [-0.05, 0) is 38.0 Å². The van der Waals surface area contributed by atoms with Gasteiger partial charge in [0.05, 0.1) is 6.54 Å². The van der Waals surface area contributed by atoms with Crippen LogP contribution in [0.4, 0.5) is 0 Å². The third-order valence-corrected chi connectivity index (χ3v) is 4.96. The van der Waals surface area contributed by atoms with Crippen LogP contribution in [0.3, 0.4) is 0 Å². The highest BCUT2D eigenvalue weighted by Gasteiger charge is 2.29. The van der Waals surface area contributed by atoms with E-state index in [4.69, 9.17) is 0 Å². The van der Waals surface area contributed by atoms with Gasteiger partial charge in [0.1, 0.15) is 18.8 Å². The van der Waals surface area contributed by atoms with E-state index >= 15 is 0 Å². The summed E-state index contributed by atoms with van der Waals surface area (Å²) >= 11 is 0. The summed E-state index contributed by atoms with van der Waals surface area (Å²) in [5.74, 6) is 0.177. The largest absolute Gasteiger partial charge is 0.383 e. The second-order valence-electron chi connectivity index (χ2n) is 6.71. The Morgan fingerprint density at radius 3 is 2.71 bits per heavy atom. The van der Waals surface area contributed by atoms with Gasteiger partial charge in [-0.25, -0.2) is 4.98 Å². The molecule has 2 saturated heterocycles. The molecule has 8 heteroatoms. The van der Waals surface area contributed by atoms with Crippen molar-refractivity contribution >= 4 is 11.8 Å². The zero-order valence-corrected chi connectivity index (χ0v) is 13.9. The molecule has 2 fully saturated rings. The fraction of sp³-hybridized carbons (Fsp3) is 0.750. The minimum atomic E-state index is -0.950. The molecule has 3 rings (SSSR count). The van der Waals surface area contributed by atoms with E-state index in [9.17, 15) is 14.7 Å². The lowest BCUT2D eigenvalue weighted by Crippen LogP contribution is -2.47.